The van der Waals surface area contributed by atoms with E-state index in [1.807, 2.05) is 67.6 Å². The second-order valence-electron chi connectivity index (χ2n) is 3.82. The molecule has 0 radical (unpaired) electrons. The maximum absolute atomic E-state index is 12.0. The van der Waals surface area contributed by atoms with Crippen molar-refractivity contribution in [3.05, 3.63) is 71.1 Å². The molecular weight excluding hydrogens is 228 g/mol. The van der Waals surface area contributed by atoms with Crippen LogP contribution in [0.5, 0.6) is 0 Å². The highest BCUT2D eigenvalue weighted by atomic mass is 32.2. The lowest BCUT2D eigenvalue weighted by atomic mass is 10.2. The van der Waals surface area contributed by atoms with Gasteiger partial charge in [-0.15, -0.1) is 0 Å². The number of hydrogen-bond acceptors (Lipinski definition) is 1. The summed E-state index contributed by atoms with van der Waals surface area (Å²) in [5.41, 5.74) is 2.24. The van der Waals surface area contributed by atoms with Crippen LogP contribution < -0.4 is 0 Å². The van der Waals surface area contributed by atoms with Crippen LogP contribution in [0, 0.1) is 6.92 Å². The maximum Gasteiger partial charge on any atom is 0.0776 e. The monoisotopic (exact) mass is 242 g/mol. The highest BCUT2D eigenvalue weighted by Crippen LogP contribution is 2.11. The number of hydrogen-bond donors (Lipinski definition) is 0. The fourth-order valence-electron chi connectivity index (χ4n) is 1.46. The van der Waals surface area contributed by atoms with Crippen LogP contribution in [0.15, 0.2) is 64.9 Å². The van der Waals surface area contributed by atoms with Crippen molar-refractivity contribution >= 4 is 16.9 Å². The van der Waals surface area contributed by atoms with Gasteiger partial charge in [0.1, 0.15) is 0 Å². The minimum absolute atomic E-state index is 0.836. The third-order valence-electron chi connectivity index (χ3n) is 2.44. The predicted octanol–water partition coefficient (Wildman–Crippen LogP) is 3.77. The highest BCUT2D eigenvalue weighted by molar-refractivity contribution is 7.88. The Balaban J connectivity index is 2.12. The molecule has 0 fully saturated rings. The second kappa shape index (κ2) is 5.60. The molecule has 0 heterocycles. The van der Waals surface area contributed by atoms with Crippen LogP contribution in [0.4, 0.5) is 0 Å². The lowest BCUT2D eigenvalue weighted by Gasteiger charge is -1.97. The largest absolute Gasteiger partial charge is 0.250 e. The summed E-state index contributed by atoms with van der Waals surface area (Å²) in [4.78, 5) is 0.836. The van der Waals surface area contributed by atoms with Gasteiger partial charge in [-0.25, -0.2) is 4.21 Å². The third kappa shape index (κ3) is 3.40. The van der Waals surface area contributed by atoms with Crippen LogP contribution in [-0.2, 0) is 10.8 Å². The minimum atomic E-state index is -1.07. The molecule has 0 aliphatic rings. The molecule has 0 amide bonds. The fourth-order valence-corrected chi connectivity index (χ4v) is 2.30. The van der Waals surface area contributed by atoms with Crippen molar-refractivity contribution in [2.75, 3.05) is 0 Å². The first kappa shape index (κ1) is 11.8. The average molecular weight is 242 g/mol. The second-order valence-corrected chi connectivity index (χ2v) is 5.16. The summed E-state index contributed by atoms with van der Waals surface area (Å²) in [5.74, 6) is 0. The van der Waals surface area contributed by atoms with Crippen molar-refractivity contribution in [2.45, 2.75) is 11.8 Å². The standard InChI is InChI=1S/C15H14OS/c1-13-7-9-15(10-8-13)17(16)12-11-14-5-3-2-4-6-14/h2-12H,1H3/b12-11+/t17-/m0/s1. The molecule has 86 valence electrons. The summed E-state index contributed by atoms with van der Waals surface area (Å²) in [5, 5.41) is 1.72. The van der Waals surface area contributed by atoms with Gasteiger partial charge >= 0.3 is 0 Å². The van der Waals surface area contributed by atoms with Crippen LogP contribution in [0.1, 0.15) is 11.1 Å². The Hall–Kier alpha value is -1.67. The molecule has 2 heteroatoms. The molecule has 2 aromatic carbocycles. The van der Waals surface area contributed by atoms with Gasteiger partial charge in [-0.05, 0) is 30.7 Å². The first-order chi connectivity index (χ1) is 8.25. The lowest BCUT2D eigenvalue weighted by Crippen LogP contribution is -1.86. The molecule has 1 nitrogen and oxygen atoms in total. The van der Waals surface area contributed by atoms with Gasteiger partial charge in [-0.3, -0.25) is 0 Å². The molecule has 17 heavy (non-hydrogen) atoms. The Labute approximate surface area is 104 Å². The van der Waals surface area contributed by atoms with Crippen molar-refractivity contribution in [1.29, 1.82) is 0 Å². The van der Waals surface area contributed by atoms with Crippen LogP contribution in [0.25, 0.3) is 6.08 Å². The summed E-state index contributed by atoms with van der Waals surface area (Å²) >= 11 is 0. The van der Waals surface area contributed by atoms with Crippen LogP contribution in [0.2, 0.25) is 0 Å². The van der Waals surface area contributed by atoms with E-state index in [0.717, 1.165) is 10.5 Å². The summed E-state index contributed by atoms with van der Waals surface area (Å²) in [7, 11) is -1.07. The molecule has 0 aliphatic heterocycles. The van der Waals surface area contributed by atoms with E-state index in [1.54, 1.807) is 5.41 Å². The number of benzene rings is 2. The Morgan fingerprint density at radius 2 is 1.59 bits per heavy atom. The van der Waals surface area contributed by atoms with Gasteiger partial charge in [-0.2, -0.15) is 0 Å². The number of rotatable bonds is 3. The van der Waals surface area contributed by atoms with E-state index >= 15 is 0 Å². The van der Waals surface area contributed by atoms with Crippen LogP contribution in [-0.4, -0.2) is 4.21 Å². The SMILES string of the molecule is Cc1ccc([S@@](=O)/C=C/c2ccccc2)cc1. The van der Waals surface area contributed by atoms with Crippen molar-refractivity contribution in [3.8, 4) is 0 Å². The van der Waals surface area contributed by atoms with E-state index in [4.69, 9.17) is 0 Å². The minimum Gasteiger partial charge on any atom is -0.250 e. The summed E-state index contributed by atoms with van der Waals surface area (Å²) < 4.78 is 12.0. The first-order valence-corrected chi connectivity index (χ1v) is 6.67. The molecule has 2 aromatic rings. The van der Waals surface area contributed by atoms with Crippen molar-refractivity contribution in [2.24, 2.45) is 0 Å². The van der Waals surface area contributed by atoms with Gasteiger partial charge < -0.3 is 0 Å². The molecule has 0 unspecified atom stereocenters. The van der Waals surface area contributed by atoms with Gasteiger partial charge in [0, 0.05) is 10.3 Å². The Morgan fingerprint density at radius 3 is 2.24 bits per heavy atom. The zero-order chi connectivity index (χ0) is 12.1. The summed E-state index contributed by atoms with van der Waals surface area (Å²) in [6, 6.07) is 17.6. The fraction of sp³-hybridized carbons (Fsp3) is 0.0667. The van der Waals surface area contributed by atoms with E-state index in [0.29, 0.717) is 0 Å². The smallest absolute Gasteiger partial charge is 0.0776 e. The van der Waals surface area contributed by atoms with Gasteiger partial charge in [-0.1, -0.05) is 48.0 Å². The molecule has 0 bridgehead atoms. The van der Waals surface area contributed by atoms with E-state index < -0.39 is 10.8 Å². The van der Waals surface area contributed by atoms with Gasteiger partial charge in [0.15, 0.2) is 0 Å². The zero-order valence-electron chi connectivity index (χ0n) is 9.67. The molecule has 1 atom stereocenters. The molecular formula is C15H14OS. The van der Waals surface area contributed by atoms with Crippen molar-refractivity contribution < 1.29 is 4.21 Å². The zero-order valence-corrected chi connectivity index (χ0v) is 10.5. The van der Waals surface area contributed by atoms with E-state index in [-0.39, 0.29) is 0 Å². The van der Waals surface area contributed by atoms with E-state index in [9.17, 15) is 4.21 Å². The quantitative estimate of drug-likeness (QED) is 0.800. The molecule has 0 spiro atoms. The Bertz CT molecular complexity index is 527. The van der Waals surface area contributed by atoms with Gasteiger partial charge in [0.05, 0.1) is 10.8 Å². The van der Waals surface area contributed by atoms with Crippen molar-refractivity contribution in [3.63, 3.8) is 0 Å². The normalized spacial score (nSPS) is 12.8. The number of aryl methyl sites for hydroxylation is 1. The molecule has 2 rings (SSSR count). The Kier molecular flexibility index (Phi) is 3.89. The van der Waals surface area contributed by atoms with Gasteiger partial charge in [0.25, 0.3) is 0 Å². The molecule has 0 aliphatic carbocycles. The highest BCUT2D eigenvalue weighted by Gasteiger charge is 1.98. The molecule has 0 saturated heterocycles. The van der Waals surface area contributed by atoms with Crippen LogP contribution >= 0.6 is 0 Å². The topological polar surface area (TPSA) is 17.1 Å². The van der Waals surface area contributed by atoms with Crippen LogP contribution in [0.3, 0.4) is 0 Å². The first-order valence-electron chi connectivity index (χ1n) is 5.46. The van der Waals surface area contributed by atoms with Crippen molar-refractivity contribution in [1.82, 2.24) is 0 Å². The maximum atomic E-state index is 12.0. The molecule has 0 N–H and O–H groups in total. The van der Waals surface area contributed by atoms with Gasteiger partial charge in [0.2, 0.25) is 0 Å². The predicted molar refractivity (Wildman–Crippen MR) is 73.1 cm³/mol. The molecule has 0 aromatic heterocycles. The Morgan fingerprint density at radius 1 is 0.941 bits per heavy atom. The average Bonchev–Trinajstić information content (AvgIpc) is 2.38. The third-order valence-corrected chi connectivity index (χ3v) is 3.56. The summed E-state index contributed by atoms with van der Waals surface area (Å²) in [6.45, 7) is 2.02. The van der Waals surface area contributed by atoms with E-state index in [1.165, 1.54) is 5.56 Å². The summed E-state index contributed by atoms with van der Waals surface area (Å²) in [6.07, 6.45) is 1.88. The molecule has 0 saturated carbocycles. The van der Waals surface area contributed by atoms with E-state index in [2.05, 4.69) is 0 Å². The lowest BCUT2D eigenvalue weighted by molar-refractivity contribution is 0.688.